The Labute approximate surface area is 221 Å². The van der Waals surface area contributed by atoms with Gasteiger partial charge in [-0.2, -0.15) is 0 Å². The van der Waals surface area contributed by atoms with Crippen molar-refractivity contribution in [3.8, 4) is 0 Å². The van der Waals surface area contributed by atoms with Crippen molar-refractivity contribution in [2.75, 3.05) is 0 Å². The van der Waals surface area contributed by atoms with Gasteiger partial charge < -0.3 is 0 Å². The molecule has 4 aliphatic rings. The van der Waals surface area contributed by atoms with Crippen molar-refractivity contribution in [2.24, 2.45) is 21.7 Å². The third-order valence-electron chi connectivity index (χ3n) is 9.53. The van der Waals surface area contributed by atoms with E-state index in [1.54, 1.807) is 22.3 Å². The molecule has 1 aromatic rings. The first kappa shape index (κ1) is 25.6. The number of hydrogen-bond acceptors (Lipinski definition) is 0. The molecule has 4 aliphatic carbocycles. The quantitative estimate of drug-likeness (QED) is 0.375. The molecule has 5 rings (SSSR count). The standard InChI is InChI=1S/C36H48/c1-32(2,3)22-13-15-25-27(17-22)28-18-23(33(4,5)6)14-16-26(28)31(25)36(12)21-35(10,11)29-19-24(20-30(29)36)34(7,8)9/h13-18,20,27H,19,21H2,1-12H3. The molecule has 0 saturated carbocycles. The van der Waals surface area contributed by atoms with Crippen molar-refractivity contribution in [1.29, 1.82) is 0 Å². The Morgan fingerprint density at radius 3 is 2.06 bits per heavy atom. The van der Waals surface area contributed by atoms with E-state index in [1.807, 2.05) is 0 Å². The summed E-state index contributed by atoms with van der Waals surface area (Å²) in [5, 5.41) is 0. The smallest absolute Gasteiger partial charge is 0.0284 e. The van der Waals surface area contributed by atoms with Crippen LogP contribution in [0.3, 0.4) is 0 Å². The molecule has 0 aromatic heterocycles. The van der Waals surface area contributed by atoms with E-state index >= 15 is 0 Å². The van der Waals surface area contributed by atoms with E-state index in [2.05, 4.69) is 126 Å². The molecule has 0 amide bonds. The Kier molecular flexibility index (Phi) is 5.32. The summed E-state index contributed by atoms with van der Waals surface area (Å²) < 4.78 is 0. The van der Waals surface area contributed by atoms with Crippen LogP contribution in [0.1, 0.15) is 119 Å². The van der Waals surface area contributed by atoms with Gasteiger partial charge in [0.1, 0.15) is 0 Å². The fourth-order valence-electron chi connectivity index (χ4n) is 7.37. The molecular formula is C36H48. The number of rotatable bonds is 1. The summed E-state index contributed by atoms with van der Waals surface area (Å²) in [6.45, 7) is 28.7. The molecule has 192 valence electrons. The van der Waals surface area contributed by atoms with E-state index in [1.165, 1.54) is 34.3 Å². The van der Waals surface area contributed by atoms with Gasteiger partial charge in [-0.15, -0.1) is 0 Å². The van der Waals surface area contributed by atoms with Gasteiger partial charge in [-0.25, -0.2) is 0 Å². The molecule has 2 atom stereocenters. The van der Waals surface area contributed by atoms with E-state index in [0.717, 1.165) is 6.42 Å². The van der Waals surface area contributed by atoms with Gasteiger partial charge in [-0.3, -0.25) is 0 Å². The Morgan fingerprint density at radius 1 is 0.806 bits per heavy atom. The third kappa shape index (κ3) is 3.77. The van der Waals surface area contributed by atoms with Gasteiger partial charge in [0.25, 0.3) is 0 Å². The molecular weight excluding hydrogens is 432 g/mol. The van der Waals surface area contributed by atoms with E-state index < -0.39 is 0 Å². The van der Waals surface area contributed by atoms with Crippen LogP contribution in [-0.2, 0) is 5.41 Å². The second-order valence-corrected chi connectivity index (χ2v) is 15.9. The van der Waals surface area contributed by atoms with Crippen LogP contribution in [0.25, 0.3) is 5.57 Å². The molecule has 0 spiro atoms. The summed E-state index contributed by atoms with van der Waals surface area (Å²) in [5.41, 5.74) is 14.7. The Balaban J connectivity index is 1.75. The number of hydrogen-bond donors (Lipinski definition) is 0. The van der Waals surface area contributed by atoms with E-state index in [4.69, 9.17) is 0 Å². The molecule has 0 heteroatoms. The number of fused-ring (bicyclic) bond motifs is 3. The minimum Gasteiger partial charge on any atom is -0.0689 e. The maximum atomic E-state index is 2.61. The maximum Gasteiger partial charge on any atom is 0.0284 e. The fourth-order valence-corrected chi connectivity index (χ4v) is 7.37. The predicted molar refractivity (Wildman–Crippen MR) is 157 cm³/mol. The molecule has 0 nitrogen and oxygen atoms in total. The summed E-state index contributed by atoms with van der Waals surface area (Å²) in [7, 11) is 0. The molecule has 0 heterocycles. The first-order valence-electron chi connectivity index (χ1n) is 14.1. The molecule has 36 heavy (non-hydrogen) atoms. The van der Waals surface area contributed by atoms with Crippen molar-refractivity contribution in [1.82, 2.24) is 0 Å². The Bertz CT molecular complexity index is 1290. The summed E-state index contributed by atoms with van der Waals surface area (Å²) in [4.78, 5) is 0. The lowest BCUT2D eigenvalue weighted by Gasteiger charge is -2.35. The first-order valence-corrected chi connectivity index (χ1v) is 14.1. The number of allylic oxidation sites excluding steroid dienone is 10. The normalized spacial score (nSPS) is 27.3. The summed E-state index contributed by atoms with van der Waals surface area (Å²) in [6, 6.07) is 7.40. The highest BCUT2D eigenvalue weighted by atomic mass is 14.6. The topological polar surface area (TPSA) is 0 Å². The highest BCUT2D eigenvalue weighted by Gasteiger charge is 2.53. The van der Waals surface area contributed by atoms with Crippen molar-refractivity contribution in [2.45, 2.75) is 107 Å². The van der Waals surface area contributed by atoms with Gasteiger partial charge in [-0.05, 0) is 73.5 Å². The van der Waals surface area contributed by atoms with Crippen molar-refractivity contribution < 1.29 is 0 Å². The van der Waals surface area contributed by atoms with Crippen LogP contribution in [0.5, 0.6) is 0 Å². The zero-order valence-electron chi connectivity index (χ0n) is 25.0. The minimum absolute atomic E-state index is 0.0331. The zero-order valence-corrected chi connectivity index (χ0v) is 25.0. The molecule has 0 radical (unpaired) electrons. The lowest BCUT2D eigenvalue weighted by atomic mass is 9.68. The summed E-state index contributed by atoms with van der Waals surface area (Å²) in [5.74, 6) is 0.355. The predicted octanol–water partition coefficient (Wildman–Crippen LogP) is 10.5. The van der Waals surface area contributed by atoms with Gasteiger partial charge in [0.2, 0.25) is 0 Å². The van der Waals surface area contributed by atoms with Crippen molar-refractivity contribution in [3.05, 3.63) is 87.1 Å². The second kappa shape index (κ2) is 7.49. The number of benzene rings is 1. The van der Waals surface area contributed by atoms with Crippen molar-refractivity contribution in [3.63, 3.8) is 0 Å². The Morgan fingerprint density at radius 2 is 1.47 bits per heavy atom. The molecule has 0 bridgehead atoms. The minimum atomic E-state index is 0.0331. The third-order valence-corrected chi connectivity index (χ3v) is 9.53. The highest BCUT2D eigenvalue weighted by Crippen LogP contribution is 2.67. The lowest BCUT2D eigenvalue weighted by Crippen LogP contribution is -2.23. The molecule has 0 saturated heterocycles. The van der Waals surface area contributed by atoms with E-state index in [-0.39, 0.29) is 27.1 Å². The molecule has 0 N–H and O–H groups in total. The van der Waals surface area contributed by atoms with Crippen LogP contribution in [0.4, 0.5) is 0 Å². The maximum absolute atomic E-state index is 2.61. The fraction of sp³-hybridized carbons (Fsp3) is 0.556. The summed E-state index contributed by atoms with van der Waals surface area (Å²) >= 11 is 0. The molecule has 0 fully saturated rings. The van der Waals surface area contributed by atoms with Gasteiger partial charge >= 0.3 is 0 Å². The van der Waals surface area contributed by atoms with Gasteiger partial charge in [0, 0.05) is 11.3 Å². The average molecular weight is 481 g/mol. The van der Waals surface area contributed by atoms with Crippen LogP contribution in [0, 0.1) is 21.7 Å². The largest absolute Gasteiger partial charge is 0.0689 e. The van der Waals surface area contributed by atoms with Crippen LogP contribution in [0.15, 0.2) is 70.4 Å². The van der Waals surface area contributed by atoms with E-state index in [0.29, 0.717) is 5.92 Å². The lowest BCUT2D eigenvalue weighted by molar-refractivity contribution is 0.345. The second-order valence-electron chi connectivity index (χ2n) is 15.9. The van der Waals surface area contributed by atoms with Crippen LogP contribution in [0.2, 0.25) is 0 Å². The summed E-state index contributed by atoms with van der Waals surface area (Å²) in [6.07, 6.45) is 12.4. The molecule has 2 unspecified atom stereocenters. The van der Waals surface area contributed by atoms with E-state index in [9.17, 15) is 0 Å². The van der Waals surface area contributed by atoms with Crippen LogP contribution < -0.4 is 0 Å². The van der Waals surface area contributed by atoms with Crippen molar-refractivity contribution >= 4 is 5.57 Å². The van der Waals surface area contributed by atoms with Gasteiger partial charge in [-0.1, -0.05) is 137 Å². The van der Waals surface area contributed by atoms with Gasteiger partial charge in [0.05, 0.1) is 0 Å². The average Bonchev–Trinajstić information content (AvgIpc) is 3.37. The molecule has 0 aliphatic heterocycles. The highest BCUT2D eigenvalue weighted by molar-refractivity contribution is 5.89. The Hall–Kier alpha value is -2.08. The monoisotopic (exact) mass is 480 g/mol. The van der Waals surface area contributed by atoms with Crippen LogP contribution >= 0.6 is 0 Å². The van der Waals surface area contributed by atoms with Gasteiger partial charge in [0.15, 0.2) is 0 Å². The molecule has 1 aromatic carbocycles. The first-order chi connectivity index (χ1) is 16.3. The zero-order chi connectivity index (χ0) is 26.6. The van der Waals surface area contributed by atoms with Crippen LogP contribution in [-0.4, -0.2) is 0 Å². The SMILES string of the molecule is CC(C)(C)C1=CC2C(=C(C3(C)CC(C)(C)C4=C3C=C(C(C)(C)C)C4)c3ccc(C(C)(C)C)cc32)C=C1.